The Morgan fingerprint density at radius 2 is 1.85 bits per heavy atom. The Bertz CT molecular complexity index is 1390. The third kappa shape index (κ3) is 1.41. The quantitative estimate of drug-likeness (QED) is 0.343. The Hall–Kier alpha value is -2.81. The van der Waals surface area contributed by atoms with Crippen molar-refractivity contribution in [2.45, 2.75) is 38.0 Å². The Morgan fingerprint density at radius 1 is 1.00 bits per heavy atom. The molecule has 3 aromatic heterocycles. The van der Waals surface area contributed by atoms with Gasteiger partial charge < -0.3 is 4.42 Å². The molecule has 0 radical (unpaired) electrons. The molecule has 0 amide bonds. The van der Waals surface area contributed by atoms with Gasteiger partial charge in [-0.05, 0) is 38.3 Å². The fourth-order valence-corrected chi connectivity index (χ4v) is 5.51. The van der Waals surface area contributed by atoms with E-state index in [-0.39, 0.29) is 0 Å². The first-order valence-electron chi connectivity index (χ1n) is 9.55. The number of hydrogen-bond acceptors (Lipinski definition) is 2. The number of aromatic nitrogens is 2. The molecule has 3 heteroatoms. The van der Waals surface area contributed by atoms with Crippen molar-refractivity contribution < 1.29 is 4.42 Å². The zero-order valence-electron chi connectivity index (χ0n) is 14.6. The summed E-state index contributed by atoms with van der Waals surface area (Å²) >= 11 is 0. The lowest BCUT2D eigenvalue weighted by Gasteiger charge is -2.12. The molecule has 2 atom stereocenters. The van der Waals surface area contributed by atoms with E-state index in [9.17, 15) is 0 Å². The van der Waals surface area contributed by atoms with Crippen molar-refractivity contribution in [3.05, 3.63) is 59.4 Å². The summed E-state index contributed by atoms with van der Waals surface area (Å²) in [6.45, 7) is 2.15. The maximum absolute atomic E-state index is 6.39. The van der Waals surface area contributed by atoms with Crippen molar-refractivity contribution in [3.63, 3.8) is 0 Å². The lowest BCUT2D eigenvalue weighted by Crippen LogP contribution is -2.00. The molecule has 2 aliphatic carbocycles. The van der Waals surface area contributed by atoms with Crippen LogP contribution in [0.25, 0.3) is 38.5 Å². The highest BCUT2D eigenvalue weighted by atomic mass is 16.3. The van der Waals surface area contributed by atoms with Crippen molar-refractivity contribution >= 4 is 38.5 Å². The van der Waals surface area contributed by atoms with Gasteiger partial charge in [0.1, 0.15) is 16.7 Å². The van der Waals surface area contributed by atoms with Crippen molar-refractivity contribution in [2.75, 3.05) is 0 Å². The highest BCUT2D eigenvalue weighted by Crippen LogP contribution is 2.54. The molecule has 7 rings (SSSR count). The number of imidazole rings is 1. The summed E-state index contributed by atoms with van der Waals surface area (Å²) in [5.41, 5.74) is 8.35. The van der Waals surface area contributed by atoms with Gasteiger partial charge in [0.25, 0.3) is 0 Å². The van der Waals surface area contributed by atoms with E-state index in [1.54, 1.807) is 0 Å². The normalized spacial score (nSPS) is 21.6. The number of hydrogen-bond donors (Lipinski definition) is 0. The summed E-state index contributed by atoms with van der Waals surface area (Å²) in [6, 6.07) is 15.0. The van der Waals surface area contributed by atoms with Crippen LogP contribution in [0, 0.1) is 6.92 Å². The fraction of sp³-hybridized carbons (Fsp3) is 0.261. The molecule has 0 aliphatic heterocycles. The van der Waals surface area contributed by atoms with E-state index < -0.39 is 0 Å². The second kappa shape index (κ2) is 4.29. The summed E-state index contributed by atoms with van der Waals surface area (Å²) in [7, 11) is 0. The molecule has 1 fully saturated rings. The standard InChI is InChI=1S/C23H18N2O/c1-12-6-9-18-17(10-12)21-22(26-18)15-4-2-3-5-16(15)23-24-19-13-7-8-14(11-13)20(19)25(21)23/h2-6,9-10,13-14H,7-8,11H2,1H3. The van der Waals surface area contributed by atoms with Crippen LogP contribution in [0.4, 0.5) is 0 Å². The van der Waals surface area contributed by atoms with Crippen molar-refractivity contribution in [1.29, 1.82) is 0 Å². The molecule has 0 saturated heterocycles. The second-order valence-electron chi connectivity index (χ2n) is 8.07. The lowest BCUT2D eigenvalue weighted by atomic mass is 10.0. The molecule has 3 heterocycles. The highest BCUT2D eigenvalue weighted by molar-refractivity contribution is 6.17. The van der Waals surface area contributed by atoms with E-state index in [0.29, 0.717) is 11.8 Å². The third-order valence-corrected chi connectivity index (χ3v) is 6.60. The minimum atomic E-state index is 0.656. The summed E-state index contributed by atoms with van der Waals surface area (Å²) in [5, 5.41) is 3.57. The zero-order valence-corrected chi connectivity index (χ0v) is 14.6. The summed E-state index contributed by atoms with van der Waals surface area (Å²) in [4.78, 5) is 5.18. The third-order valence-electron chi connectivity index (χ3n) is 6.60. The minimum absolute atomic E-state index is 0.656. The second-order valence-corrected chi connectivity index (χ2v) is 8.07. The molecular formula is C23H18N2O. The van der Waals surface area contributed by atoms with Gasteiger partial charge in [0.05, 0.1) is 5.69 Å². The number of fused-ring (bicyclic) bond motifs is 14. The topological polar surface area (TPSA) is 30.4 Å². The van der Waals surface area contributed by atoms with E-state index in [1.165, 1.54) is 57.9 Å². The van der Waals surface area contributed by atoms with E-state index in [0.717, 1.165) is 16.8 Å². The summed E-state index contributed by atoms with van der Waals surface area (Å²) in [6.07, 6.45) is 3.88. The average molecular weight is 338 g/mol. The number of rotatable bonds is 0. The van der Waals surface area contributed by atoms with Crippen molar-refractivity contribution in [1.82, 2.24) is 9.38 Å². The first kappa shape index (κ1) is 13.4. The first-order chi connectivity index (χ1) is 12.8. The minimum Gasteiger partial charge on any atom is -0.454 e. The van der Waals surface area contributed by atoms with Gasteiger partial charge in [0.15, 0.2) is 5.58 Å². The van der Waals surface area contributed by atoms with Crippen LogP contribution < -0.4 is 0 Å². The number of aryl methyl sites for hydroxylation is 1. The Labute approximate surface area is 150 Å². The Morgan fingerprint density at radius 3 is 2.77 bits per heavy atom. The predicted octanol–water partition coefficient (Wildman–Crippen LogP) is 6.06. The molecule has 2 bridgehead atoms. The van der Waals surface area contributed by atoms with Crippen LogP contribution in [-0.4, -0.2) is 9.38 Å². The summed E-state index contributed by atoms with van der Waals surface area (Å²) < 4.78 is 8.84. The maximum atomic E-state index is 6.39. The van der Waals surface area contributed by atoms with Gasteiger partial charge >= 0.3 is 0 Å². The Kier molecular flexibility index (Phi) is 2.21. The monoisotopic (exact) mass is 338 g/mol. The van der Waals surface area contributed by atoms with Gasteiger partial charge in [-0.25, -0.2) is 4.98 Å². The molecule has 26 heavy (non-hydrogen) atoms. The van der Waals surface area contributed by atoms with Crippen LogP contribution in [-0.2, 0) is 0 Å². The van der Waals surface area contributed by atoms with Crippen LogP contribution >= 0.6 is 0 Å². The molecule has 2 aliphatic rings. The number of pyridine rings is 1. The number of nitrogens with zero attached hydrogens (tertiary/aromatic N) is 2. The molecular weight excluding hydrogens is 320 g/mol. The summed E-state index contributed by atoms with van der Waals surface area (Å²) in [5.74, 6) is 1.31. The van der Waals surface area contributed by atoms with Gasteiger partial charge in [-0.15, -0.1) is 0 Å². The van der Waals surface area contributed by atoms with Crippen molar-refractivity contribution in [3.8, 4) is 0 Å². The van der Waals surface area contributed by atoms with E-state index in [2.05, 4.69) is 53.8 Å². The average Bonchev–Trinajstić information content (AvgIpc) is 3.40. The molecule has 5 aromatic rings. The van der Waals surface area contributed by atoms with Gasteiger partial charge in [-0.1, -0.05) is 35.9 Å². The number of furan rings is 1. The van der Waals surface area contributed by atoms with Gasteiger partial charge in [-0.2, -0.15) is 0 Å². The molecule has 2 unspecified atom stereocenters. The van der Waals surface area contributed by atoms with E-state index in [4.69, 9.17) is 9.40 Å². The van der Waals surface area contributed by atoms with Gasteiger partial charge in [0.2, 0.25) is 0 Å². The predicted molar refractivity (Wildman–Crippen MR) is 104 cm³/mol. The SMILES string of the molecule is Cc1ccc2oc3c4ccccc4c4nc5c(n4c3c2c1)C1CCC5C1. The fourth-order valence-electron chi connectivity index (χ4n) is 5.51. The smallest absolute Gasteiger partial charge is 0.160 e. The van der Waals surface area contributed by atoms with E-state index in [1.807, 2.05) is 0 Å². The first-order valence-corrected chi connectivity index (χ1v) is 9.55. The Balaban J connectivity index is 1.84. The molecule has 2 aromatic carbocycles. The zero-order chi connectivity index (χ0) is 17.0. The number of benzene rings is 2. The van der Waals surface area contributed by atoms with Crippen LogP contribution in [0.2, 0.25) is 0 Å². The van der Waals surface area contributed by atoms with Gasteiger partial charge in [-0.3, -0.25) is 4.40 Å². The van der Waals surface area contributed by atoms with Gasteiger partial charge in [0, 0.05) is 33.7 Å². The largest absolute Gasteiger partial charge is 0.454 e. The van der Waals surface area contributed by atoms with E-state index >= 15 is 0 Å². The highest BCUT2D eigenvalue weighted by Gasteiger charge is 2.41. The van der Waals surface area contributed by atoms with Crippen molar-refractivity contribution in [2.24, 2.45) is 0 Å². The molecule has 126 valence electrons. The van der Waals surface area contributed by atoms with Crippen LogP contribution in [0.1, 0.15) is 48.0 Å². The molecule has 3 nitrogen and oxygen atoms in total. The van der Waals surface area contributed by atoms with Crippen LogP contribution in [0.15, 0.2) is 46.9 Å². The maximum Gasteiger partial charge on any atom is 0.160 e. The molecule has 0 N–H and O–H groups in total. The molecule has 0 spiro atoms. The lowest BCUT2D eigenvalue weighted by molar-refractivity contribution is 0.670. The molecule has 1 saturated carbocycles. The van der Waals surface area contributed by atoms with Crippen LogP contribution in [0.3, 0.4) is 0 Å². The van der Waals surface area contributed by atoms with Crippen LogP contribution in [0.5, 0.6) is 0 Å².